The number of phenolic OH excluding ortho intramolecular Hbond substituents is 1. The van der Waals surface area contributed by atoms with Gasteiger partial charge in [-0.05, 0) is 60.0 Å². The van der Waals surface area contributed by atoms with E-state index in [0.29, 0.717) is 5.52 Å². The second kappa shape index (κ2) is 6.77. The summed E-state index contributed by atoms with van der Waals surface area (Å²) in [7, 11) is 0. The number of aromatic hydroxyl groups is 1. The van der Waals surface area contributed by atoms with Gasteiger partial charge in [0.25, 0.3) is 0 Å². The Hall–Kier alpha value is -2.92. The number of aromatic nitrogens is 2. The Kier molecular flexibility index (Phi) is 4.31. The molecular formula is C21H19N3OS. The number of fused-ring (bicyclic) bond motifs is 1. The molecule has 4 nitrogen and oxygen atoms in total. The molecule has 0 unspecified atom stereocenters. The van der Waals surface area contributed by atoms with E-state index in [-0.39, 0.29) is 11.8 Å². The average Bonchev–Trinajstić information content (AvgIpc) is 3.15. The largest absolute Gasteiger partial charge is 0.505 e. The van der Waals surface area contributed by atoms with Crippen molar-refractivity contribution in [2.45, 2.75) is 19.9 Å². The van der Waals surface area contributed by atoms with Crippen molar-refractivity contribution < 1.29 is 5.11 Å². The van der Waals surface area contributed by atoms with Crippen LogP contribution in [-0.2, 0) is 0 Å². The van der Waals surface area contributed by atoms with Crippen LogP contribution in [0.1, 0.15) is 28.4 Å². The van der Waals surface area contributed by atoms with E-state index in [1.165, 1.54) is 0 Å². The zero-order valence-corrected chi connectivity index (χ0v) is 15.4. The third-order valence-corrected chi connectivity index (χ3v) is 5.10. The number of hydrogen-bond acceptors (Lipinski definition) is 5. The molecule has 0 fully saturated rings. The molecule has 5 heteroatoms. The van der Waals surface area contributed by atoms with Gasteiger partial charge in [0.15, 0.2) is 0 Å². The van der Waals surface area contributed by atoms with Crippen LogP contribution in [0.2, 0.25) is 0 Å². The van der Waals surface area contributed by atoms with E-state index in [9.17, 15) is 5.11 Å². The number of thiophene rings is 1. The van der Waals surface area contributed by atoms with Crippen LogP contribution < -0.4 is 5.32 Å². The van der Waals surface area contributed by atoms with Crippen LogP contribution in [0.15, 0.2) is 59.4 Å². The minimum Gasteiger partial charge on any atom is -0.505 e. The Bertz CT molecular complexity index is 1060. The highest BCUT2D eigenvalue weighted by molar-refractivity contribution is 7.08. The van der Waals surface area contributed by atoms with Gasteiger partial charge in [0, 0.05) is 22.8 Å². The van der Waals surface area contributed by atoms with Crippen LogP contribution >= 0.6 is 11.3 Å². The van der Waals surface area contributed by atoms with Gasteiger partial charge < -0.3 is 10.4 Å². The average molecular weight is 361 g/mol. The molecule has 0 aliphatic carbocycles. The lowest BCUT2D eigenvalue weighted by molar-refractivity contribution is 0.471. The van der Waals surface area contributed by atoms with E-state index >= 15 is 0 Å². The quantitative estimate of drug-likeness (QED) is 0.523. The lowest BCUT2D eigenvalue weighted by Crippen LogP contribution is -2.13. The summed E-state index contributed by atoms with van der Waals surface area (Å²) < 4.78 is 0. The molecule has 0 radical (unpaired) electrons. The molecule has 0 spiro atoms. The molecule has 0 aliphatic rings. The van der Waals surface area contributed by atoms with Gasteiger partial charge in [-0.2, -0.15) is 11.3 Å². The molecule has 0 saturated carbocycles. The molecule has 0 amide bonds. The number of nitrogens with zero attached hydrogens (tertiary/aromatic N) is 2. The smallest absolute Gasteiger partial charge is 0.147 e. The fourth-order valence-corrected chi connectivity index (χ4v) is 3.75. The van der Waals surface area contributed by atoms with Crippen molar-refractivity contribution in [1.82, 2.24) is 9.97 Å². The first kappa shape index (κ1) is 16.5. The molecule has 4 aromatic rings. The second-order valence-corrected chi connectivity index (χ2v) is 7.16. The van der Waals surface area contributed by atoms with E-state index in [1.807, 2.05) is 55.6 Å². The number of phenols is 1. The van der Waals surface area contributed by atoms with Crippen molar-refractivity contribution in [2.75, 3.05) is 5.32 Å². The standard InChI is InChI=1S/C21H19N3OS/c1-13-7-9-22-18(11-13)24-19(16-8-10-26-12-16)17-6-5-15-4-3-14(2)23-20(15)21(17)25/h3-12,19,25H,1-2H3,(H,22,24)/t19-/m1/s1. The SMILES string of the molecule is Cc1ccnc(N[C@H](c2ccsc2)c2ccc3ccc(C)nc3c2O)c1. The Labute approximate surface area is 156 Å². The molecule has 3 aromatic heterocycles. The highest BCUT2D eigenvalue weighted by Gasteiger charge is 2.21. The minimum atomic E-state index is -0.206. The summed E-state index contributed by atoms with van der Waals surface area (Å²) in [5.41, 5.74) is 4.51. The number of benzene rings is 1. The van der Waals surface area contributed by atoms with Gasteiger partial charge in [0.05, 0.1) is 6.04 Å². The van der Waals surface area contributed by atoms with Crippen molar-refractivity contribution in [1.29, 1.82) is 0 Å². The monoisotopic (exact) mass is 361 g/mol. The van der Waals surface area contributed by atoms with Crippen molar-refractivity contribution in [3.8, 4) is 5.75 Å². The van der Waals surface area contributed by atoms with E-state index in [2.05, 4.69) is 26.7 Å². The third kappa shape index (κ3) is 3.13. The van der Waals surface area contributed by atoms with Crippen LogP contribution in [0.5, 0.6) is 5.75 Å². The van der Waals surface area contributed by atoms with Crippen molar-refractivity contribution in [2.24, 2.45) is 0 Å². The molecule has 1 aromatic carbocycles. The summed E-state index contributed by atoms with van der Waals surface area (Å²) in [6, 6.07) is 13.7. The Morgan fingerprint density at radius 3 is 2.69 bits per heavy atom. The Morgan fingerprint density at radius 2 is 1.92 bits per heavy atom. The van der Waals surface area contributed by atoms with E-state index in [0.717, 1.165) is 33.6 Å². The van der Waals surface area contributed by atoms with Crippen LogP contribution in [0, 0.1) is 13.8 Å². The van der Waals surface area contributed by atoms with Gasteiger partial charge in [-0.15, -0.1) is 0 Å². The number of pyridine rings is 2. The van der Waals surface area contributed by atoms with Gasteiger partial charge in [-0.25, -0.2) is 9.97 Å². The zero-order valence-electron chi connectivity index (χ0n) is 14.6. The maximum atomic E-state index is 11.0. The van der Waals surface area contributed by atoms with Crippen LogP contribution in [0.3, 0.4) is 0 Å². The first-order valence-corrected chi connectivity index (χ1v) is 9.36. The summed E-state index contributed by atoms with van der Waals surface area (Å²) in [5, 5.41) is 19.5. The van der Waals surface area contributed by atoms with Crippen molar-refractivity contribution >= 4 is 28.1 Å². The highest BCUT2D eigenvalue weighted by atomic mass is 32.1. The number of nitrogens with one attached hydrogen (secondary N) is 1. The normalized spacial score (nSPS) is 12.2. The van der Waals surface area contributed by atoms with Gasteiger partial charge >= 0.3 is 0 Å². The molecule has 3 heterocycles. The number of anilines is 1. The molecule has 0 saturated heterocycles. The molecule has 0 bridgehead atoms. The maximum Gasteiger partial charge on any atom is 0.147 e. The second-order valence-electron chi connectivity index (χ2n) is 6.38. The lowest BCUT2D eigenvalue weighted by atomic mass is 9.98. The summed E-state index contributed by atoms with van der Waals surface area (Å²) in [6.07, 6.45) is 1.79. The predicted octanol–water partition coefficient (Wildman–Crippen LogP) is 5.22. The molecular weight excluding hydrogens is 342 g/mol. The molecule has 1 atom stereocenters. The Balaban J connectivity index is 1.84. The summed E-state index contributed by atoms with van der Waals surface area (Å²) in [4.78, 5) is 8.95. The minimum absolute atomic E-state index is 0.206. The molecule has 2 N–H and O–H groups in total. The molecule has 130 valence electrons. The Morgan fingerprint density at radius 1 is 1.08 bits per heavy atom. The van der Waals surface area contributed by atoms with Crippen molar-refractivity contribution in [3.05, 3.63) is 81.8 Å². The fourth-order valence-electron chi connectivity index (χ4n) is 3.06. The molecule has 4 rings (SSSR count). The number of rotatable bonds is 4. The predicted molar refractivity (Wildman–Crippen MR) is 107 cm³/mol. The fraction of sp³-hybridized carbons (Fsp3) is 0.143. The number of hydrogen-bond donors (Lipinski definition) is 2. The van der Waals surface area contributed by atoms with Crippen LogP contribution in [0.25, 0.3) is 10.9 Å². The van der Waals surface area contributed by atoms with Crippen LogP contribution in [0.4, 0.5) is 5.82 Å². The number of aryl methyl sites for hydroxylation is 2. The third-order valence-electron chi connectivity index (χ3n) is 4.40. The van der Waals surface area contributed by atoms with Crippen LogP contribution in [-0.4, -0.2) is 15.1 Å². The molecule has 0 aliphatic heterocycles. The first-order valence-electron chi connectivity index (χ1n) is 8.42. The van der Waals surface area contributed by atoms with E-state index in [4.69, 9.17) is 0 Å². The lowest BCUT2D eigenvalue weighted by Gasteiger charge is -2.21. The van der Waals surface area contributed by atoms with Crippen molar-refractivity contribution in [3.63, 3.8) is 0 Å². The van der Waals surface area contributed by atoms with E-state index in [1.54, 1.807) is 17.5 Å². The van der Waals surface area contributed by atoms with E-state index < -0.39 is 0 Å². The van der Waals surface area contributed by atoms with Gasteiger partial charge in [-0.3, -0.25) is 0 Å². The summed E-state index contributed by atoms with van der Waals surface area (Å²) in [6.45, 7) is 3.96. The first-order chi connectivity index (χ1) is 12.6. The maximum absolute atomic E-state index is 11.0. The summed E-state index contributed by atoms with van der Waals surface area (Å²) >= 11 is 1.63. The molecule has 26 heavy (non-hydrogen) atoms. The topological polar surface area (TPSA) is 58.0 Å². The highest BCUT2D eigenvalue weighted by Crippen LogP contribution is 2.37. The van der Waals surface area contributed by atoms with Gasteiger partial charge in [-0.1, -0.05) is 18.2 Å². The van der Waals surface area contributed by atoms with Gasteiger partial charge in [0.1, 0.15) is 17.1 Å². The summed E-state index contributed by atoms with van der Waals surface area (Å²) in [5.74, 6) is 0.987. The zero-order chi connectivity index (χ0) is 18.1. The van der Waals surface area contributed by atoms with Gasteiger partial charge in [0.2, 0.25) is 0 Å².